The van der Waals surface area contributed by atoms with Crippen LogP contribution in [-0.2, 0) is 4.74 Å². The third-order valence-corrected chi connectivity index (χ3v) is 1.54. The summed E-state index contributed by atoms with van der Waals surface area (Å²) >= 11 is 0. The zero-order valence-electron chi connectivity index (χ0n) is 6.74. The van der Waals surface area contributed by atoms with E-state index in [-0.39, 0.29) is 6.42 Å². The fourth-order valence-corrected chi connectivity index (χ4v) is 0.698. The molecule has 11 heavy (non-hydrogen) atoms. The molecule has 0 fully saturated rings. The number of hydrogen-bond acceptors (Lipinski definition) is 1. The number of methoxy groups -OCH3 is 1. The Morgan fingerprint density at radius 2 is 1.91 bits per heavy atom. The van der Waals surface area contributed by atoms with Crippen LogP contribution in [0.5, 0.6) is 0 Å². The van der Waals surface area contributed by atoms with Gasteiger partial charge in [0.2, 0.25) is 0 Å². The largest absolute Gasteiger partial charge is 0.391 e. The molecule has 0 heterocycles. The molecule has 0 aromatic heterocycles. The van der Waals surface area contributed by atoms with E-state index < -0.39 is 12.1 Å². The predicted octanol–water partition coefficient (Wildman–Crippen LogP) is 2.61. The third kappa shape index (κ3) is 5.07. The normalized spacial score (nSPS) is 15.0. The first-order chi connectivity index (χ1) is 4.98. The molecule has 0 spiro atoms. The van der Waals surface area contributed by atoms with Crippen LogP contribution < -0.4 is 0 Å². The van der Waals surface area contributed by atoms with Crippen molar-refractivity contribution in [3.63, 3.8) is 0 Å². The molecule has 0 amide bonds. The van der Waals surface area contributed by atoms with Crippen LogP contribution in [0, 0.1) is 5.92 Å². The van der Waals surface area contributed by atoms with E-state index in [1.54, 1.807) is 0 Å². The van der Waals surface area contributed by atoms with E-state index in [1.807, 2.05) is 0 Å². The lowest BCUT2D eigenvalue weighted by molar-refractivity contribution is -0.171. The fourth-order valence-electron chi connectivity index (χ4n) is 0.698. The standard InChI is InChI=1S/C7H13F3O/c1-6(7(8,9)10)4-3-5-11-2/h6H,3-5H2,1-2H3. The molecule has 0 aliphatic carbocycles. The van der Waals surface area contributed by atoms with Crippen LogP contribution in [0.15, 0.2) is 0 Å². The highest BCUT2D eigenvalue weighted by atomic mass is 19.4. The highest BCUT2D eigenvalue weighted by Gasteiger charge is 2.34. The molecule has 0 radical (unpaired) electrons. The molecule has 0 aromatic carbocycles. The minimum atomic E-state index is -4.05. The Morgan fingerprint density at radius 1 is 1.36 bits per heavy atom. The van der Waals surface area contributed by atoms with Gasteiger partial charge >= 0.3 is 6.18 Å². The topological polar surface area (TPSA) is 9.23 Å². The summed E-state index contributed by atoms with van der Waals surface area (Å²) in [6, 6.07) is 0. The smallest absolute Gasteiger partial charge is 0.385 e. The van der Waals surface area contributed by atoms with Gasteiger partial charge in [-0.1, -0.05) is 6.92 Å². The van der Waals surface area contributed by atoms with E-state index in [2.05, 4.69) is 4.74 Å². The van der Waals surface area contributed by atoms with Gasteiger partial charge < -0.3 is 4.74 Å². The summed E-state index contributed by atoms with van der Waals surface area (Å²) in [5, 5.41) is 0. The van der Waals surface area contributed by atoms with Gasteiger partial charge in [0.1, 0.15) is 0 Å². The Balaban J connectivity index is 3.44. The van der Waals surface area contributed by atoms with Gasteiger partial charge in [-0.3, -0.25) is 0 Å². The van der Waals surface area contributed by atoms with Crippen LogP contribution in [0.3, 0.4) is 0 Å². The number of ether oxygens (including phenoxy) is 1. The molecule has 1 unspecified atom stereocenters. The van der Waals surface area contributed by atoms with Crippen LogP contribution >= 0.6 is 0 Å². The summed E-state index contributed by atoms with van der Waals surface area (Å²) < 4.78 is 40.1. The molecule has 0 N–H and O–H groups in total. The first-order valence-electron chi connectivity index (χ1n) is 3.54. The molecular weight excluding hydrogens is 157 g/mol. The van der Waals surface area contributed by atoms with E-state index in [0.29, 0.717) is 13.0 Å². The highest BCUT2D eigenvalue weighted by molar-refractivity contribution is 4.61. The molecule has 1 nitrogen and oxygen atoms in total. The molecular formula is C7H13F3O. The van der Waals surface area contributed by atoms with E-state index in [0.717, 1.165) is 0 Å². The molecule has 0 aliphatic rings. The van der Waals surface area contributed by atoms with Gasteiger partial charge in [0, 0.05) is 13.7 Å². The lowest BCUT2D eigenvalue weighted by Crippen LogP contribution is -2.19. The molecule has 0 aliphatic heterocycles. The molecule has 68 valence electrons. The average Bonchev–Trinajstić information content (AvgIpc) is 1.86. The summed E-state index contributed by atoms with van der Waals surface area (Å²) in [4.78, 5) is 0. The SMILES string of the molecule is COCCCC(C)C(F)(F)F. The summed E-state index contributed by atoms with van der Waals surface area (Å²) in [6.45, 7) is 1.59. The van der Waals surface area contributed by atoms with Crippen LogP contribution in [0.2, 0.25) is 0 Å². The summed E-state index contributed by atoms with van der Waals surface area (Å²) in [6.07, 6.45) is -3.43. The summed E-state index contributed by atoms with van der Waals surface area (Å²) in [5.41, 5.74) is 0. The fraction of sp³-hybridized carbons (Fsp3) is 1.00. The van der Waals surface area contributed by atoms with Crippen molar-refractivity contribution in [2.75, 3.05) is 13.7 Å². The van der Waals surface area contributed by atoms with Crippen LogP contribution in [0.4, 0.5) is 13.2 Å². The maximum Gasteiger partial charge on any atom is 0.391 e. The lowest BCUT2D eigenvalue weighted by atomic mass is 10.1. The predicted molar refractivity (Wildman–Crippen MR) is 36.3 cm³/mol. The second kappa shape index (κ2) is 4.59. The van der Waals surface area contributed by atoms with Crippen LogP contribution in [0.25, 0.3) is 0 Å². The Hall–Kier alpha value is -0.250. The van der Waals surface area contributed by atoms with Crippen molar-refractivity contribution in [2.24, 2.45) is 5.92 Å². The van der Waals surface area contributed by atoms with Crippen LogP contribution in [0.1, 0.15) is 19.8 Å². The lowest BCUT2D eigenvalue weighted by Gasteiger charge is -2.14. The van der Waals surface area contributed by atoms with Crippen molar-refractivity contribution in [3.8, 4) is 0 Å². The summed E-state index contributed by atoms with van der Waals surface area (Å²) in [7, 11) is 1.48. The summed E-state index contributed by atoms with van der Waals surface area (Å²) in [5.74, 6) is -1.21. The van der Waals surface area contributed by atoms with Crippen molar-refractivity contribution in [1.29, 1.82) is 0 Å². The molecule has 0 aromatic rings. The molecule has 0 saturated carbocycles. The molecule has 0 saturated heterocycles. The molecule has 4 heteroatoms. The second-order valence-electron chi connectivity index (χ2n) is 2.58. The Morgan fingerprint density at radius 3 is 2.27 bits per heavy atom. The van der Waals surface area contributed by atoms with Crippen molar-refractivity contribution >= 4 is 0 Å². The van der Waals surface area contributed by atoms with Crippen molar-refractivity contribution in [1.82, 2.24) is 0 Å². The van der Waals surface area contributed by atoms with Gasteiger partial charge in [0.05, 0.1) is 5.92 Å². The zero-order chi connectivity index (χ0) is 8.91. The van der Waals surface area contributed by atoms with Crippen molar-refractivity contribution < 1.29 is 17.9 Å². The third-order valence-electron chi connectivity index (χ3n) is 1.54. The monoisotopic (exact) mass is 170 g/mol. The van der Waals surface area contributed by atoms with Crippen molar-refractivity contribution in [2.45, 2.75) is 25.9 Å². The van der Waals surface area contributed by atoms with Gasteiger partial charge in [0.25, 0.3) is 0 Å². The van der Waals surface area contributed by atoms with Gasteiger partial charge in [0.15, 0.2) is 0 Å². The van der Waals surface area contributed by atoms with E-state index in [9.17, 15) is 13.2 Å². The molecule has 0 rings (SSSR count). The van der Waals surface area contributed by atoms with Crippen LogP contribution in [-0.4, -0.2) is 19.9 Å². The van der Waals surface area contributed by atoms with E-state index in [1.165, 1.54) is 14.0 Å². The number of halogens is 3. The Labute approximate surface area is 64.5 Å². The van der Waals surface area contributed by atoms with Gasteiger partial charge in [-0.05, 0) is 12.8 Å². The van der Waals surface area contributed by atoms with Gasteiger partial charge in [-0.2, -0.15) is 13.2 Å². The second-order valence-corrected chi connectivity index (χ2v) is 2.58. The zero-order valence-corrected chi connectivity index (χ0v) is 6.74. The Bertz CT molecular complexity index is 100. The van der Waals surface area contributed by atoms with E-state index in [4.69, 9.17) is 0 Å². The maximum atomic E-state index is 11.8. The molecule has 1 atom stereocenters. The number of rotatable bonds is 4. The highest BCUT2D eigenvalue weighted by Crippen LogP contribution is 2.28. The Kier molecular flexibility index (Phi) is 4.49. The van der Waals surface area contributed by atoms with E-state index >= 15 is 0 Å². The van der Waals surface area contributed by atoms with Gasteiger partial charge in [-0.15, -0.1) is 0 Å². The maximum absolute atomic E-state index is 11.8. The first-order valence-corrected chi connectivity index (χ1v) is 3.54. The quantitative estimate of drug-likeness (QED) is 0.589. The minimum absolute atomic E-state index is 0.150. The number of hydrogen-bond donors (Lipinski definition) is 0. The first kappa shape index (κ1) is 10.8. The number of alkyl halides is 3. The van der Waals surface area contributed by atoms with Gasteiger partial charge in [-0.25, -0.2) is 0 Å². The minimum Gasteiger partial charge on any atom is -0.385 e. The van der Waals surface area contributed by atoms with Crippen molar-refractivity contribution in [3.05, 3.63) is 0 Å². The molecule has 0 bridgehead atoms. The average molecular weight is 170 g/mol.